The van der Waals surface area contributed by atoms with E-state index < -0.39 is 15.7 Å². The smallest absolute Gasteiger partial charge is 0.255 e. The first kappa shape index (κ1) is 19.9. The highest BCUT2D eigenvalue weighted by molar-refractivity contribution is 7.89. The zero-order chi connectivity index (χ0) is 20.9. The van der Waals surface area contributed by atoms with E-state index in [1.165, 1.54) is 4.31 Å². The number of benzene rings is 2. The van der Waals surface area contributed by atoms with Crippen molar-refractivity contribution in [2.24, 2.45) is 0 Å². The number of nitrogens with zero attached hydrogens (tertiary/aromatic N) is 1. The van der Waals surface area contributed by atoms with E-state index in [1.807, 2.05) is 30.3 Å². The van der Waals surface area contributed by atoms with Crippen molar-refractivity contribution in [2.75, 3.05) is 18.4 Å². The van der Waals surface area contributed by atoms with E-state index in [0.29, 0.717) is 36.4 Å². The summed E-state index contributed by atoms with van der Waals surface area (Å²) < 4.78 is 27.7. The molecule has 29 heavy (non-hydrogen) atoms. The summed E-state index contributed by atoms with van der Waals surface area (Å²) in [7, 11) is -3.56. The Hall–Kier alpha value is -2.38. The normalized spacial score (nSPS) is 19.3. The lowest BCUT2D eigenvalue weighted by molar-refractivity contribution is 0.0865. The van der Waals surface area contributed by atoms with Crippen LogP contribution in [0.25, 0.3) is 0 Å². The Kier molecular flexibility index (Phi) is 4.70. The molecule has 4 rings (SSSR count). The molecule has 2 N–H and O–H groups in total. The van der Waals surface area contributed by atoms with Crippen molar-refractivity contribution in [1.29, 1.82) is 0 Å². The van der Waals surface area contributed by atoms with Crippen LogP contribution in [0.5, 0.6) is 0 Å². The van der Waals surface area contributed by atoms with Crippen LogP contribution in [-0.4, -0.2) is 37.4 Å². The van der Waals surface area contributed by atoms with Crippen molar-refractivity contribution < 1.29 is 13.2 Å². The Morgan fingerprint density at radius 1 is 0.931 bits per heavy atom. The summed E-state index contributed by atoms with van der Waals surface area (Å²) in [6.07, 6.45) is 1.01. The van der Waals surface area contributed by atoms with Crippen LogP contribution in [0.3, 0.4) is 0 Å². The lowest BCUT2D eigenvalue weighted by Gasteiger charge is -2.45. The highest BCUT2D eigenvalue weighted by Crippen LogP contribution is 2.33. The number of para-hydroxylation sites is 1. The van der Waals surface area contributed by atoms with Gasteiger partial charge in [0, 0.05) is 31.6 Å². The van der Waals surface area contributed by atoms with Gasteiger partial charge in [0.15, 0.2) is 0 Å². The second-order valence-electron chi connectivity index (χ2n) is 8.89. The molecule has 0 aliphatic carbocycles. The molecule has 2 aliphatic heterocycles. The summed E-state index contributed by atoms with van der Waals surface area (Å²) in [6, 6.07) is 14.5. The highest BCUT2D eigenvalue weighted by atomic mass is 32.2. The monoisotopic (exact) mass is 413 g/mol. The number of hydrogen-bond donors (Lipinski definition) is 2. The maximum absolute atomic E-state index is 13.1. The zero-order valence-electron chi connectivity index (χ0n) is 17.0. The lowest BCUT2D eigenvalue weighted by Crippen LogP contribution is -2.62. The largest absolute Gasteiger partial charge is 0.362 e. The Morgan fingerprint density at radius 3 is 2.17 bits per heavy atom. The number of fused-ring (bicyclic) bond motifs is 1. The Bertz CT molecular complexity index is 1030. The number of anilines is 1. The van der Waals surface area contributed by atoms with Gasteiger partial charge in [-0.15, -0.1) is 0 Å². The van der Waals surface area contributed by atoms with Gasteiger partial charge >= 0.3 is 0 Å². The van der Waals surface area contributed by atoms with Gasteiger partial charge in [0.05, 0.1) is 10.5 Å². The third kappa shape index (κ3) is 3.65. The van der Waals surface area contributed by atoms with Gasteiger partial charge in [-0.05, 0) is 35.2 Å². The first-order valence-corrected chi connectivity index (χ1v) is 11.4. The average molecular weight is 414 g/mol. The first-order chi connectivity index (χ1) is 13.6. The molecular weight excluding hydrogens is 386 g/mol. The molecule has 2 heterocycles. The molecule has 2 aromatic rings. The molecular formula is C22H27N3O3S. The SMILES string of the molecule is CC(C)(C)c1ccc(S(=O)(=O)N2CCC3(CC2)NC(=O)c2ccccc2N3)cc1. The number of amides is 1. The zero-order valence-corrected chi connectivity index (χ0v) is 17.8. The second kappa shape index (κ2) is 6.85. The molecule has 0 bridgehead atoms. The summed E-state index contributed by atoms with van der Waals surface area (Å²) in [5, 5.41) is 6.48. The second-order valence-corrected chi connectivity index (χ2v) is 10.8. The lowest BCUT2D eigenvalue weighted by atomic mass is 9.87. The fourth-order valence-electron chi connectivity index (χ4n) is 4.00. The Labute approximate surface area is 172 Å². The van der Waals surface area contributed by atoms with E-state index >= 15 is 0 Å². The van der Waals surface area contributed by atoms with E-state index in [0.717, 1.165) is 11.3 Å². The molecule has 1 spiro atoms. The van der Waals surface area contributed by atoms with Gasteiger partial charge in [-0.1, -0.05) is 45.0 Å². The number of carbonyl (C=O) groups excluding carboxylic acids is 1. The number of piperidine rings is 1. The van der Waals surface area contributed by atoms with E-state index in [4.69, 9.17) is 0 Å². The summed E-state index contributed by atoms with van der Waals surface area (Å²) in [5.74, 6) is -0.117. The molecule has 0 saturated carbocycles. The van der Waals surface area contributed by atoms with Gasteiger partial charge in [0.1, 0.15) is 5.66 Å². The Morgan fingerprint density at radius 2 is 1.55 bits per heavy atom. The van der Waals surface area contributed by atoms with Crippen LogP contribution in [0.15, 0.2) is 53.4 Å². The molecule has 1 saturated heterocycles. The van der Waals surface area contributed by atoms with Gasteiger partial charge in [0.2, 0.25) is 10.0 Å². The van der Waals surface area contributed by atoms with Gasteiger partial charge < -0.3 is 10.6 Å². The van der Waals surface area contributed by atoms with Gasteiger partial charge in [0.25, 0.3) is 5.91 Å². The molecule has 2 aliphatic rings. The van der Waals surface area contributed by atoms with Crippen LogP contribution in [0.2, 0.25) is 0 Å². The van der Waals surface area contributed by atoms with Crippen LogP contribution in [0.4, 0.5) is 5.69 Å². The quantitative estimate of drug-likeness (QED) is 0.792. The van der Waals surface area contributed by atoms with Crippen molar-refractivity contribution in [1.82, 2.24) is 9.62 Å². The van der Waals surface area contributed by atoms with Crippen molar-refractivity contribution in [2.45, 2.75) is 49.6 Å². The van der Waals surface area contributed by atoms with E-state index in [1.54, 1.807) is 18.2 Å². The third-order valence-electron chi connectivity index (χ3n) is 5.83. The molecule has 0 aromatic heterocycles. The van der Waals surface area contributed by atoms with Gasteiger partial charge in [-0.25, -0.2) is 8.42 Å². The van der Waals surface area contributed by atoms with Crippen molar-refractivity contribution in [3.8, 4) is 0 Å². The number of sulfonamides is 1. The average Bonchev–Trinajstić information content (AvgIpc) is 2.68. The van der Waals surface area contributed by atoms with Crippen LogP contribution in [-0.2, 0) is 15.4 Å². The summed E-state index contributed by atoms with van der Waals surface area (Å²) in [5.41, 5.74) is 1.88. The summed E-state index contributed by atoms with van der Waals surface area (Å²) in [4.78, 5) is 12.8. The molecule has 154 valence electrons. The molecule has 6 nitrogen and oxygen atoms in total. The number of carbonyl (C=O) groups is 1. The predicted octanol–water partition coefficient (Wildman–Crippen LogP) is 3.32. The van der Waals surface area contributed by atoms with E-state index in [9.17, 15) is 13.2 Å². The molecule has 0 unspecified atom stereocenters. The molecule has 2 aromatic carbocycles. The highest BCUT2D eigenvalue weighted by Gasteiger charge is 2.42. The van der Waals surface area contributed by atoms with Crippen LogP contribution >= 0.6 is 0 Å². The van der Waals surface area contributed by atoms with Crippen LogP contribution in [0, 0.1) is 0 Å². The predicted molar refractivity (Wildman–Crippen MR) is 113 cm³/mol. The molecule has 1 fully saturated rings. The van der Waals surface area contributed by atoms with Gasteiger partial charge in [-0.2, -0.15) is 4.31 Å². The summed E-state index contributed by atoms with van der Waals surface area (Å²) in [6.45, 7) is 7.00. The minimum atomic E-state index is -3.56. The minimum Gasteiger partial charge on any atom is -0.362 e. The number of nitrogens with one attached hydrogen (secondary N) is 2. The fourth-order valence-corrected chi connectivity index (χ4v) is 5.44. The van der Waals surface area contributed by atoms with Crippen LogP contribution in [0.1, 0.15) is 49.5 Å². The summed E-state index contributed by atoms with van der Waals surface area (Å²) >= 11 is 0. The maximum atomic E-state index is 13.1. The van der Waals surface area contributed by atoms with Crippen LogP contribution < -0.4 is 10.6 Å². The molecule has 0 radical (unpaired) electrons. The minimum absolute atomic E-state index is 0.0268. The third-order valence-corrected chi connectivity index (χ3v) is 7.75. The van der Waals surface area contributed by atoms with Gasteiger partial charge in [-0.3, -0.25) is 4.79 Å². The first-order valence-electron chi connectivity index (χ1n) is 9.91. The van der Waals surface area contributed by atoms with Crippen molar-refractivity contribution in [3.63, 3.8) is 0 Å². The van der Waals surface area contributed by atoms with Crippen molar-refractivity contribution >= 4 is 21.6 Å². The standard InChI is InChI=1S/C22H27N3O3S/c1-21(2,3)16-8-10-17(11-9-16)29(27,28)25-14-12-22(13-15-25)23-19-7-5-4-6-18(19)20(26)24-22/h4-11,23H,12-15H2,1-3H3,(H,24,26). The van der Waals surface area contributed by atoms with E-state index in [-0.39, 0.29) is 11.3 Å². The van der Waals surface area contributed by atoms with Crippen molar-refractivity contribution in [3.05, 3.63) is 59.7 Å². The fraction of sp³-hybridized carbons (Fsp3) is 0.409. The molecule has 7 heteroatoms. The number of hydrogen-bond acceptors (Lipinski definition) is 4. The maximum Gasteiger partial charge on any atom is 0.255 e. The molecule has 1 amide bonds. The number of rotatable bonds is 2. The Balaban J connectivity index is 1.50. The van der Waals surface area contributed by atoms with E-state index in [2.05, 4.69) is 31.4 Å². The molecule has 0 atom stereocenters. The topological polar surface area (TPSA) is 78.5 Å².